The smallest absolute Gasteiger partial charge is 0.351 e. The van der Waals surface area contributed by atoms with Crippen molar-refractivity contribution >= 4 is 31.4 Å². The Kier molecular flexibility index (Phi) is 7.12. The fourth-order valence-electron chi connectivity index (χ4n) is 3.49. The standard InChI is InChI=1S/C22H25N4O5P/c1-15-13-26(22(28)25-21(15)23)20-9-8-19(30-20)14-29-32(24-10-11-27)31-18-7-6-16-4-2-3-5-17(16)12-18/h2-7,11-13,19-20,24H,8-10,14H2,1H3,(H2,23,25,28). The zero-order chi connectivity index (χ0) is 22.5. The van der Waals surface area contributed by atoms with Crippen LogP contribution in [0.2, 0.25) is 0 Å². The highest BCUT2D eigenvalue weighted by Gasteiger charge is 2.29. The number of nitrogen functional groups attached to an aromatic ring is 1. The van der Waals surface area contributed by atoms with Gasteiger partial charge in [-0.05, 0) is 42.7 Å². The fraction of sp³-hybridized carbons (Fsp3) is 0.318. The van der Waals surface area contributed by atoms with Crippen molar-refractivity contribution in [3.63, 3.8) is 0 Å². The van der Waals surface area contributed by atoms with Crippen molar-refractivity contribution in [2.45, 2.75) is 32.1 Å². The van der Waals surface area contributed by atoms with Gasteiger partial charge in [-0.25, -0.2) is 9.88 Å². The number of nitrogens with one attached hydrogen (secondary N) is 1. The van der Waals surface area contributed by atoms with E-state index < -0.39 is 20.4 Å². The molecule has 0 bridgehead atoms. The number of fused-ring (bicyclic) bond motifs is 1. The van der Waals surface area contributed by atoms with Crippen LogP contribution in [-0.2, 0) is 14.1 Å². The Balaban J connectivity index is 1.37. The quantitative estimate of drug-likeness (QED) is 0.373. The Morgan fingerprint density at radius 3 is 2.91 bits per heavy atom. The SMILES string of the molecule is Cc1cn(C2CCC(COP(NCC=O)Oc3ccc4ccccc4c3)O2)c(=O)nc1N. The molecule has 168 valence electrons. The highest BCUT2D eigenvalue weighted by atomic mass is 31.2. The maximum atomic E-state index is 12.2. The average molecular weight is 456 g/mol. The Hall–Kier alpha value is -2.84. The molecular formula is C22H25N4O5P. The van der Waals surface area contributed by atoms with Crippen molar-refractivity contribution in [2.75, 3.05) is 18.9 Å². The van der Waals surface area contributed by atoms with Crippen molar-refractivity contribution in [2.24, 2.45) is 0 Å². The summed E-state index contributed by atoms with van der Waals surface area (Å²) < 4.78 is 19.4. The Morgan fingerprint density at radius 1 is 1.28 bits per heavy atom. The third kappa shape index (κ3) is 5.31. The third-order valence-electron chi connectivity index (χ3n) is 5.16. The molecule has 0 aliphatic carbocycles. The van der Waals surface area contributed by atoms with E-state index in [0.717, 1.165) is 22.6 Å². The number of carbonyl (C=O) groups is 1. The molecule has 0 saturated carbocycles. The molecule has 0 spiro atoms. The van der Waals surface area contributed by atoms with Gasteiger partial charge < -0.3 is 24.3 Å². The number of aryl methyl sites for hydroxylation is 1. The van der Waals surface area contributed by atoms with E-state index in [1.807, 2.05) is 42.5 Å². The molecule has 3 aromatic rings. The van der Waals surface area contributed by atoms with Gasteiger partial charge in [0.05, 0.1) is 19.3 Å². The Labute approximate surface area is 186 Å². The van der Waals surface area contributed by atoms with Gasteiger partial charge in [0.15, 0.2) is 0 Å². The lowest BCUT2D eigenvalue weighted by atomic mass is 10.1. The summed E-state index contributed by atoms with van der Waals surface area (Å²) in [4.78, 5) is 26.8. The lowest BCUT2D eigenvalue weighted by Crippen LogP contribution is -2.29. The van der Waals surface area contributed by atoms with Crippen LogP contribution in [0.15, 0.2) is 53.5 Å². The topological polar surface area (TPSA) is 118 Å². The highest BCUT2D eigenvalue weighted by Crippen LogP contribution is 2.38. The zero-order valence-corrected chi connectivity index (χ0v) is 18.5. The Bertz CT molecular complexity index is 1150. The van der Waals surface area contributed by atoms with Crippen LogP contribution in [0.3, 0.4) is 0 Å². The minimum absolute atomic E-state index is 0.110. The first-order valence-corrected chi connectivity index (χ1v) is 11.5. The van der Waals surface area contributed by atoms with E-state index in [2.05, 4.69) is 10.1 Å². The second-order valence-corrected chi connectivity index (χ2v) is 8.74. The molecule has 10 heteroatoms. The van der Waals surface area contributed by atoms with Crippen LogP contribution in [0, 0.1) is 6.92 Å². The first-order chi connectivity index (χ1) is 15.5. The first-order valence-electron chi connectivity index (χ1n) is 10.3. The third-order valence-corrected chi connectivity index (χ3v) is 6.36. The fourth-order valence-corrected chi connectivity index (χ4v) is 4.52. The molecule has 2 heterocycles. The van der Waals surface area contributed by atoms with Crippen LogP contribution in [-0.4, -0.2) is 35.1 Å². The van der Waals surface area contributed by atoms with E-state index in [4.69, 9.17) is 19.5 Å². The predicted octanol–water partition coefficient (Wildman–Crippen LogP) is 3.08. The number of hydrogen-bond acceptors (Lipinski definition) is 8. The second-order valence-electron chi connectivity index (χ2n) is 7.47. The first kappa shape index (κ1) is 22.4. The van der Waals surface area contributed by atoms with Gasteiger partial charge in [-0.2, -0.15) is 4.98 Å². The molecule has 1 fully saturated rings. The zero-order valence-electron chi connectivity index (χ0n) is 17.6. The summed E-state index contributed by atoms with van der Waals surface area (Å²) in [6.07, 6.45) is 3.16. The van der Waals surface area contributed by atoms with Gasteiger partial charge in [0.2, 0.25) is 0 Å². The molecule has 3 atom stereocenters. The number of ether oxygens (including phenoxy) is 1. The van der Waals surface area contributed by atoms with Gasteiger partial charge in [-0.15, -0.1) is 0 Å². The monoisotopic (exact) mass is 456 g/mol. The van der Waals surface area contributed by atoms with Gasteiger partial charge >= 0.3 is 14.2 Å². The summed E-state index contributed by atoms with van der Waals surface area (Å²) in [5, 5.41) is 5.13. The molecule has 1 aliphatic rings. The van der Waals surface area contributed by atoms with E-state index in [0.29, 0.717) is 18.6 Å². The lowest BCUT2D eigenvalue weighted by Gasteiger charge is -2.20. The summed E-state index contributed by atoms with van der Waals surface area (Å²) in [5.41, 5.74) is 5.99. The molecular weight excluding hydrogens is 431 g/mol. The Morgan fingerprint density at radius 2 is 2.09 bits per heavy atom. The van der Waals surface area contributed by atoms with Gasteiger partial charge in [-0.1, -0.05) is 30.3 Å². The molecule has 1 aliphatic heterocycles. The van der Waals surface area contributed by atoms with Gasteiger partial charge in [0.25, 0.3) is 0 Å². The maximum absolute atomic E-state index is 12.2. The summed E-state index contributed by atoms with van der Waals surface area (Å²) in [7, 11) is -1.56. The van der Waals surface area contributed by atoms with Crippen LogP contribution in [0.5, 0.6) is 5.75 Å². The molecule has 32 heavy (non-hydrogen) atoms. The molecule has 4 rings (SSSR count). The van der Waals surface area contributed by atoms with Crippen molar-refractivity contribution in [3.8, 4) is 5.75 Å². The van der Waals surface area contributed by atoms with Crippen LogP contribution in [0.4, 0.5) is 5.82 Å². The number of rotatable bonds is 9. The van der Waals surface area contributed by atoms with Gasteiger partial charge in [0.1, 0.15) is 24.1 Å². The minimum Gasteiger partial charge on any atom is -0.436 e. The number of anilines is 1. The number of aromatic nitrogens is 2. The number of hydrogen-bond donors (Lipinski definition) is 2. The molecule has 9 nitrogen and oxygen atoms in total. The van der Waals surface area contributed by atoms with Crippen LogP contribution in [0.25, 0.3) is 10.8 Å². The highest BCUT2D eigenvalue weighted by molar-refractivity contribution is 7.45. The number of benzene rings is 2. The molecule has 3 N–H and O–H groups in total. The number of aldehydes is 1. The molecule has 0 radical (unpaired) electrons. The summed E-state index contributed by atoms with van der Waals surface area (Å²) in [6.45, 7) is 2.17. The van der Waals surface area contributed by atoms with Crippen molar-refractivity contribution in [3.05, 3.63) is 64.7 Å². The molecule has 1 saturated heterocycles. The largest absolute Gasteiger partial charge is 0.436 e. The van der Waals surface area contributed by atoms with E-state index in [1.54, 1.807) is 13.1 Å². The average Bonchev–Trinajstić information content (AvgIpc) is 3.26. The summed E-state index contributed by atoms with van der Waals surface area (Å²) >= 11 is 0. The normalized spacial score (nSPS) is 19.2. The van der Waals surface area contributed by atoms with Crippen LogP contribution < -0.4 is 21.0 Å². The predicted molar refractivity (Wildman–Crippen MR) is 122 cm³/mol. The van der Waals surface area contributed by atoms with Crippen LogP contribution in [0.1, 0.15) is 24.6 Å². The molecule has 2 aromatic carbocycles. The molecule has 0 amide bonds. The van der Waals surface area contributed by atoms with Crippen LogP contribution >= 0.6 is 8.53 Å². The summed E-state index contributed by atoms with van der Waals surface area (Å²) in [6, 6.07) is 13.8. The van der Waals surface area contributed by atoms with Crippen molar-refractivity contribution in [1.29, 1.82) is 0 Å². The van der Waals surface area contributed by atoms with E-state index in [-0.39, 0.29) is 25.1 Å². The van der Waals surface area contributed by atoms with Crippen molar-refractivity contribution < 1.29 is 18.6 Å². The maximum Gasteiger partial charge on any atom is 0.351 e. The summed E-state index contributed by atoms with van der Waals surface area (Å²) in [5.74, 6) is 0.871. The van der Waals surface area contributed by atoms with E-state index in [9.17, 15) is 9.59 Å². The lowest BCUT2D eigenvalue weighted by molar-refractivity contribution is -0.106. The molecule has 1 aromatic heterocycles. The van der Waals surface area contributed by atoms with E-state index in [1.165, 1.54) is 4.57 Å². The minimum atomic E-state index is -1.56. The number of carbonyl (C=O) groups excluding carboxylic acids is 1. The second kappa shape index (κ2) is 10.2. The molecule has 3 unspecified atom stereocenters. The van der Waals surface area contributed by atoms with Gasteiger partial charge in [-0.3, -0.25) is 4.57 Å². The van der Waals surface area contributed by atoms with Gasteiger partial charge in [0, 0.05) is 11.8 Å². The number of nitrogens with two attached hydrogens (primary N) is 1. The van der Waals surface area contributed by atoms with Crippen molar-refractivity contribution in [1.82, 2.24) is 14.6 Å². The van der Waals surface area contributed by atoms with E-state index >= 15 is 0 Å². The number of nitrogens with zero attached hydrogens (tertiary/aromatic N) is 2.